The molecule has 4 aliphatic rings. The van der Waals surface area contributed by atoms with Gasteiger partial charge in [-0.25, -0.2) is 18.2 Å². The van der Waals surface area contributed by atoms with Gasteiger partial charge < -0.3 is 25.4 Å². The Hall–Kier alpha value is -3.42. The number of rotatable bonds is 6. The van der Waals surface area contributed by atoms with Gasteiger partial charge in [0.25, 0.3) is 0 Å². The molecule has 0 saturated carbocycles. The second-order valence-corrected chi connectivity index (χ2v) is 13.3. The van der Waals surface area contributed by atoms with Gasteiger partial charge in [0.1, 0.15) is 35.7 Å². The fourth-order valence-electron chi connectivity index (χ4n) is 7.70. The Labute approximate surface area is 250 Å². The molecule has 13 heteroatoms. The number of hydrogen-bond acceptors (Lipinski definition) is 10. The number of benzene rings is 2. The summed E-state index contributed by atoms with van der Waals surface area (Å²) < 4.78 is 58.2. The first kappa shape index (κ1) is 27.2. The quantitative estimate of drug-likeness (QED) is 0.322. The zero-order valence-corrected chi connectivity index (χ0v) is 24.5. The van der Waals surface area contributed by atoms with Crippen LogP contribution in [0.2, 0.25) is 0 Å². The van der Waals surface area contributed by atoms with Crippen molar-refractivity contribution in [1.29, 1.82) is 0 Å². The van der Waals surface area contributed by atoms with Crippen molar-refractivity contribution in [2.24, 2.45) is 0 Å². The summed E-state index contributed by atoms with van der Waals surface area (Å²) >= 11 is 1.01. The highest BCUT2D eigenvalue weighted by molar-refractivity contribution is 7.22. The molecule has 4 aromatic rings. The van der Waals surface area contributed by atoms with Crippen molar-refractivity contribution in [2.45, 2.75) is 55.9 Å². The predicted octanol–water partition coefficient (Wildman–Crippen LogP) is 4.67. The van der Waals surface area contributed by atoms with Gasteiger partial charge in [0, 0.05) is 49.1 Å². The molecule has 8 rings (SSSR count). The van der Waals surface area contributed by atoms with E-state index in [0.717, 1.165) is 43.6 Å². The molecule has 2 aromatic carbocycles. The Balaban J connectivity index is 1.28. The number of aromatic nitrogens is 3. The Bertz CT molecular complexity index is 1740. The van der Waals surface area contributed by atoms with Crippen LogP contribution < -0.4 is 25.4 Å². The second-order valence-electron chi connectivity index (χ2n) is 12.2. The first-order chi connectivity index (χ1) is 20.8. The van der Waals surface area contributed by atoms with E-state index >= 15 is 4.39 Å². The molecular formula is C30H32F3N7O2S. The SMILES string of the molecule is COc1cc2c(N3CC4CCC(C3)N4)nc(OC[C@@]34CCCN3C[C@H](F)C4)nc2c(F)c1-c1ccc(F)c2sc(N)nc12. The molecule has 2 aromatic heterocycles. The molecule has 226 valence electrons. The van der Waals surface area contributed by atoms with Crippen LogP contribution in [-0.4, -0.2) is 83.5 Å². The van der Waals surface area contributed by atoms with E-state index in [0.29, 0.717) is 54.9 Å². The lowest BCUT2D eigenvalue weighted by atomic mass is 9.95. The summed E-state index contributed by atoms with van der Waals surface area (Å²) in [5, 5.41) is 4.30. The summed E-state index contributed by atoms with van der Waals surface area (Å²) in [6.45, 7) is 2.90. The van der Waals surface area contributed by atoms with Crippen LogP contribution in [0.4, 0.5) is 24.1 Å². The van der Waals surface area contributed by atoms with Crippen molar-refractivity contribution in [2.75, 3.05) is 50.5 Å². The molecule has 4 saturated heterocycles. The van der Waals surface area contributed by atoms with E-state index in [-0.39, 0.29) is 44.8 Å². The van der Waals surface area contributed by atoms with E-state index in [1.54, 1.807) is 6.07 Å². The number of nitrogens with two attached hydrogens (primary N) is 1. The number of anilines is 2. The van der Waals surface area contributed by atoms with Gasteiger partial charge in [0.15, 0.2) is 10.9 Å². The molecule has 43 heavy (non-hydrogen) atoms. The van der Waals surface area contributed by atoms with Crippen LogP contribution in [0.1, 0.15) is 32.1 Å². The number of methoxy groups -OCH3 is 1. The van der Waals surface area contributed by atoms with Gasteiger partial charge in [0.2, 0.25) is 0 Å². The van der Waals surface area contributed by atoms with Crippen LogP contribution >= 0.6 is 11.3 Å². The minimum atomic E-state index is -0.895. The van der Waals surface area contributed by atoms with Gasteiger partial charge in [-0.2, -0.15) is 9.97 Å². The summed E-state index contributed by atoms with van der Waals surface area (Å²) in [6.07, 6.45) is 3.46. The Morgan fingerprint density at radius 3 is 2.72 bits per heavy atom. The van der Waals surface area contributed by atoms with Gasteiger partial charge in [-0.15, -0.1) is 0 Å². The highest BCUT2D eigenvalue weighted by Crippen LogP contribution is 2.45. The molecule has 0 radical (unpaired) electrons. The van der Waals surface area contributed by atoms with Crippen molar-refractivity contribution in [1.82, 2.24) is 25.2 Å². The van der Waals surface area contributed by atoms with Crippen LogP contribution in [0, 0.1) is 11.6 Å². The molecule has 0 spiro atoms. The first-order valence-electron chi connectivity index (χ1n) is 14.8. The third kappa shape index (κ3) is 4.38. The molecule has 6 heterocycles. The maximum absolute atomic E-state index is 16.9. The van der Waals surface area contributed by atoms with Crippen molar-refractivity contribution in [3.05, 3.63) is 29.8 Å². The largest absolute Gasteiger partial charge is 0.496 e. The molecule has 9 nitrogen and oxygen atoms in total. The minimum absolute atomic E-state index is 0.0501. The smallest absolute Gasteiger partial charge is 0.319 e. The number of nitrogens with one attached hydrogen (secondary N) is 1. The van der Waals surface area contributed by atoms with Crippen LogP contribution in [0.5, 0.6) is 11.8 Å². The van der Waals surface area contributed by atoms with Gasteiger partial charge in [-0.05, 0) is 50.4 Å². The number of alkyl halides is 1. The Kier molecular flexibility index (Phi) is 6.35. The number of fused-ring (bicyclic) bond motifs is 5. The van der Waals surface area contributed by atoms with Crippen LogP contribution in [0.3, 0.4) is 0 Å². The number of nitrogen functional groups attached to an aromatic ring is 1. The summed E-state index contributed by atoms with van der Waals surface area (Å²) in [5.41, 5.74) is 6.31. The lowest BCUT2D eigenvalue weighted by molar-refractivity contribution is 0.107. The average Bonchev–Trinajstić information content (AvgIpc) is 3.74. The maximum Gasteiger partial charge on any atom is 0.319 e. The number of hydrogen-bond donors (Lipinski definition) is 2. The number of nitrogens with zero attached hydrogens (tertiary/aromatic N) is 5. The molecule has 0 aliphatic carbocycles. The average molecular weight is 612 g/mol. The van der Waals surface area contributed by atoms with Crippen LogP contribution in [0.15, 0.2) is 18.2 Å². The van der Waals surface area contributed by atoms with Gasteiger partial charge >= 0.3 is 6.01 Å². The second kappa shape index (κ2) is 10.1. The number of halogens is 3. The van der Waals surface area contributed by atoms with E-state index in [9.17, 15) is 8.78 Å². The van der Waals surface area contributed by atoms with Crippen molar-refractivity contribution >= 4 is 43.4 Å². The van der Waals surface area contributed by atoms with Crippen molar-refractivity contribution in [3.63, 3.8) is 0 Å². The van der Waals surface area contributed by atoms with E-state index in [1.165, 1.54) is 19.2 Å². The molecule has 4 fully saturated rings. The Morgan fingerprint density at radius 1 is 1.12 bits per heavy atom. The molecule has 4 atom stereocenters. The zero-order valence-electron chi connectivity index (χ0n) is 23.7. The van der Waals surface area contributed by atoms with Gasteiger partial charge in [-0.1, -0.05) is 11.3 Å². The number of thiazole rings is 1. The minimum Gasteiger partial charge on any atom is -0.496 e. The standard InChI is InChI=1S/C30H32F3N7O2S/c1-41-21-9-19-24(23(33)22(21)18-5-6-20(32)26-25(18)36-28(34)43-26)37-29(38-27(19)39-12-16-3-4-17(13-39)35-16)42-14-30-7-2-8-40(30)11-15(31)10-30/h5-6,9,15-17,35H,2-4,7-8,10-14H2,1H3,(H2,34,36)/t15-,16?,17?,30+/m1/s1. The molecule has 2 bridgehead atoms. The fraction of sp³-hybridized carbons (Fsp3) is 0.500. The van der Waals surface area contributed by atoms with E-state index < -0.39 is 23.3 Å². The summed E-state index contributed by atoms with van der Waals surface area (Å²) in [4.78, 5) is 18.1. The third-order valence-electron chi connectivity index (χ3n) is 9.60. The zero-order chi connectivity index (χ0) is 29.5. The first-order valence-corrected chi connectivity index (χ1v) is 15.6. The Morgan fingerprint density at radius 2 is 1.93 bits per heavy atom. The molecule has 0 amide bonds. The van der Waals surface area contributed by atoms with E-state index in [2.05, 4.69) is 25.1 Å². The monoisotopic (exact) mass is 611 g/mol. The van der Waals surface area contributed by atoms with Crippen molar-refractivity contribution in [3.8, 4) is 22.9 Å². The molecule has 2 unspecified atom stereocenters. The summed E-state index contributed by atoms with van der Waals surface area (Å²) in [6, 6.07) is 5.18. The van der Waals surface area contributed by atoms with Gasteiger partial charge in [0.05, 0.1) is 28.4 Å². The summed E-state index contributed by atoms with van der Waals surface area (Å²) in [5.74, 6) is -0.309. The van der Waals surface area contributed by atoms with Crippen LogP contribution in [0.25, 0.3) is 32.2 Å². The lowest BCUT2D eigenvalue weighted by Gasteiger charge is -2.35. The van der Waals surface area contributed by atoms with Crippen LogP contribution in [-0.2, 0) is 0 Å². The number of ether oxygens (including phenoxy) is 2. The van der Waals surface area contributed by atoms with E-state index in [1.807, 2.05) is 0 Å². The third-order valence-corrected chi connectivity index (χ3v) is 10.5. The summed E-state index contributed by atoms with van der Waals surface area (Å²) in [7, 11) is 1.47. The fourth-order valence-corrected chi connectivity index (χ4v) is 8.46. The lowest BCUT2D eigenvalue weighted by Crippen LogP contribution is -2.51. The predicted molar refractivity (Wildman–Crippen MR) is 160 cm³/mol. The topological polar surface area (TPSA) is 102 Å². The normalized spacial score (nSPS) is 27.0. The molecule has 3 N–H and O–H groups in total. The van der Waals surface area contributed by atoms with Crippen molar-refractivity contribution < 1.29 is 22.6 Å². The molecule has 4 aliphatic heterocycles. The number of piperazine rings is 1. The van der Waals surface area contributed by atoms with E-state index in [4.69, 9.17) is 20.2 Å². The highest BCUT2D eigenvalue weighted by atomic mass is 32.1. The maximum atomic E-state index is 16.9. The van der Waals surface area contributed by atoms with Gasteiger partial charge in [-0.3, -0.25) is 4.90 Å². The highest BCUT2D eigenvalue weighted by Gasteiger charge is 2.49. The molecular weight excluding hydrogens is 579 g/mol.